The molecule has 0 unspecified atom stereocenters. The number of rotatable bonds is 5. The minimum absolute atomic E-state index is 0.222. The molecule has 0 aliphatic carbocycles. The lowest BCUT2D eigenvalue weighted by Gasteiger charge is -2.13. The number of carbonyl (C=O) groups is 1. The molecule has 0 atom stereocenters. The van der Waals surface area contributed by atoms with E-state index in [0.29, 0.717) is 23.0 Å². The maximum absolute atomic E-state index is 12.3. The molecule has 0 fully saturated rings. The van der Waals surface area contributed by atoms with Gasteiger partial charge in [-0.1, -0.05) is 23.7 Å². The Morgan fingerprint density at radius 3 is 2.46 bits per heavy atom. The summed E-state index contributed by atoms with van der Waals surface area (Å²) in [7, 11) is 3.98. The highest BCUT2D eigenvalue weighted by molar-refractivity contribution is 6.33. The minimum atomic E-state index is -0.222. The van der Waals surface area contributed by atoms with Gasteiger partial charge in [-0.25, -0.2) is 0 Å². The van der Waals surface area contributed by atoms with Crippen LogP contribution < -0.4 is 10.2 Å². The van der Waals surface area contributed by atoms with Crippen LogP contribution in [0.1, 0.15) is 16.1 Å². The lowest BCUT2D eigenvalue weighted by atomic mass is 10.1. The fraction of sp³-hybridized carbons (Fsp3) is 0.150. The molecule has 0 spiro atoms. The monoisotopic (exact) mass is 366 g/mol. The van der Waals surface area contributed by atoms with Crippen molar-refractivity contribution in [2.75, 3.05) is 19.0 Å². The highest BCUT2D eigenvalue weighted by atomic mass is 35.5. The zero-order valence-electron chi connectivity index (χ0n) is 14.6. The smallest absolute Gasteiger partial charge is 0.270 e. The highest BCUT2D eigenvalue weighted by Crippen LogP contribution is 2.24. The van der Waals surface area contributed by atoms with E-state index in [1.165, 1.54) is 0 Å². The van der Waals surface area contributed by atoms with Gasteiger partial charge in [0.25, 0.3) is 5.91 Å². The molecule has 1 N–H and O–H groups in total. The predicted octanol–water partition coefficient (Wildman–Crippen LogP) is 3.79. The van der Waals surface area contributed by atoms with Crippen molar-refractivity contribution in [2.24, 2.45) is 0 Å². The Morgan fingerprint density at radius 2 is 1.85 bits per heavy atom. The standard InChI is InChI=1S/C20H19ClN4O/c1-25(2)16-8-5-14(6-9-16)12-24-20(26)18-10-7-15(13-23-18)19-17(21)4-3-11-22-19/h3-11,13H,12H2,1-2H3,(H,24,26). The molecular formula is C20H19ClN4O. The molecule has 0 saturated carbocycles. The zero-order valence-corrected chi connectivity index (χ0v) is 15.4. The molecular weight excluding hydrogens is 348 g/mol. The SMILES string of the molecule is CN(C)c1ccc(CNC(=O)c2ccc(-c3ncccc3Cl)cn2)cc1. The number of nitrogens with one attached hydrogen (secondary N) is 1. The highest BCUT2D eigenvalue weighted by Gasteiger charge is 2.09. The molecule has 26 heavy (non-hydrogen) atoms. The van der Waals surface area contributed by atoms with Crippen LogP contribution in [0.5, 0.6) is 0 Å². The summed E-state index contributed by atoms with van der Waals surface area (Å²) in [4.78, 5) is 22.8. The van der Waals surface area contributed by atoms with Gasteiger partial charge in [0.1, 0.15) is 5.69 Å². The summed E-state index contributed by atoms with van der Waals surface area (Å²) in [6.07, 6.45) is 3.28. The third-order valence-corrected chi connectivity index (χ3v) is 4.24. The van der Waals surface area contributed by atoms with Crippen molar-refractivity contribution in [3.05, 3.63) is 77.2 Å². The molecule has 6 heteroatoms. The molecule has 0 saturated heterocycles. The Labute approximate surface area is 157 Å². The molecule has 5 nitrogen and oxygen atoms in total. The number of hydrogen-bond acceptors (Lipinski definition) is 4. The summed E-state index contributed by atoms with van der Waals surface area (Å²) in [5.74, 6) is -0.222. The molecule has 0 aliphatic rings. The largest absolute Gasteiger partial charge is 0.378 e. The number of pyridine rings is 2. The van der Waals surface area contributed by atoms with E-state index in [1.54, 1.807) is 36.7 Å². The van der Waals surface area contributed by atoms with Crippen LogP contribution in [0.15, 0.2) is 60.9 Å². The number of aromatic nitrogens is 2. The maximum atomic E-state index is 12.3. The van der Waals surface area contributed by atoms with Crippen LogP contribution in [0.4, 0.5) is 5.69 Å². The molecule has 1 amide bonds. The Balaban J connectivity index is 1.64. The fourth-order valence-corrected chi connectivity index (χ4v) is 2.68. The van der Waals surface area contributed by atoms with E-state index >= 15 is 0 Å². The number of nitrogens with zero attached hydrogens (tertiary/aromatic N) is 3. The van der Waals surface area contributed by atoms with Crippen LogP contribution in [-0.2, 0) is 6.54 Å². The summed E-state index contributed by atoms with van der Waals surface area (Å²) in [5, 5.41) is 3.43. The van der Waals surface area contributed by atoms with Crippen LogP contribution in [0, 0.1) is 0 Å². The molecule has 1 aromatic carbocycles. The van der Waals surface area contributed by atoms with E-state index in [0.717, 1.165) is 16.8 Å². The van der Waals surface area contributed by atoms with Crippen LogP contribution in [0.2, 0.25) is 5.02 Å². The van der Waals surface area contributed by atoms with Crippen molar-refractivity contribution in [2.45, 2.75) is 6.54 Å². The van der Waals surface area contributed by atoms with Crippen LogP contribution in [0.25, 0.3) is 11.3 Å². The van der Waals surface area contributed by atoms with E-state index in [1.807, 2.05) is 43.3 Å². The third kappa shape index (κ3) is 4.18. The van der Waals surface area contributed by atoms with Gasteiger partial charge in [-0.05, 0) is 42.0 Å². The van der Waals surface area contributed by atoms with Crippen molar-refractivity contribution in [1.82, 2.24) is 15.3 Å². The van der Waals surface area contributed by atoms with Crippen LogP contribution in [0.3, 0.4) is 0 Å². The van der Waals surface area contributed by atoms with Gasteiger partial charge in [0.05, 0.1) is 10.7 Å². The van der Waals surface area contributed by atoms with E-state index < -0.39 is 0 Å². The normalized spacial score (nSPS) is 10.4. The van der Waals surface area contributed by atoms with Crippen molar-refractivity contribution in [3.63, 3.8) is 0 Å². The topological polar surface area (TPSA) is 58.1 Å². The molecule has 3 rings (SSSR count). The summed E-state index contributed by atoms with van der Waals surface area (Å²) < 4.78 is 0. The quantitative estimate of drug-likeness (QED) is 0.746. The number of carbonyl (C=O) groups excluding carboxylic acids is 1. The van der Waals surface area contributed by atoms with E-state index in [-0.39, 0.29) is 5.91 Å². The Bertz CT molecular complexity index is 892. The summed E-state index contributed by atoms with van der Waals surface area (Å²) in [6, 6.07) is 15.0. The Hall–Kier alpha value is -2.92. The fourth-order valence-electron chi connectivity index (χ4n) is 2.45. The van der Waals surface area contributed by atoms with Crippen molar-refractivity contribution in [1.29, 1.82) is 0 Å². The average Bonchev–Trinajstić information content (AvgIpc) is 2.67. The predicted molar refractivity (Wildman–Crippen MR) is 104 cm³/mol. The first-order valence-electron chi connectivity index (χ1n) is 8.16. The first-order chi connectivity index (χ1) is 12.5. The van der Waals surface area contributed by atoms with E-state index in [2.05, 4.69) is 15.3 Å². The van der Waals surface area contributed by atoms with Crippen molar-refractivity contribution in [3.8, 4) is 11.3 Å². The maximum Gasteiger partial charge on any atom is 0.270 e. The van der Waals surface area contributed by atoms with Gasteiger partial charge in [-0.2, -0.15) is 0 Å². The lowest BCUT2D eigenvalue weighted by Crippen LogP contribution is -2.23. The number of anilines is 1. The minimum Gasteiger partial charge on any atom is -0.378 e. The second-order valence-electron chi connectivity index (χ2n) is 6.01. The number of halogens is 1. The number of hydrogen-bond donors (Lipinski definition) is 1. The molecule has 0 bridgehead atoms. The Morgan fingerprint density at radius 1 is 1.08 bits per heavy atom. The first-order valence-corrected chi connectivity index (χ1v) is 8.54. The van der Waals surface area contributed by atoms with Gasteiger partial charge < -0.3 is 10.2 Å². The van der Waals surface area contributed by atoms with Crippen molar-refractivity contribution >= 4 is 23.2 Å². The number of benzene rings is 1. The average molecular weight is 367 g/mol. The molecule has 3 aromatic rings. The second kappa shape index (κ2) is 7.97. The summed E-state index contributed by atoms with van der Waals surface area (Å²) in [5.41, 5.74) is 3.91. The van der Waals surface area contributed by atoms with Crippen molar-refractivity contribution < 1.29 is 4.79 Å². The molecule has 132 valence electrons. The van der Waals surface area contributed by atoms with Gasteiger partial charge in [0, 0.05) is 44.3 Å². The number of amides is 1. The summed E-state index contributed by atoms with van der Waals surface area (Å²) in [6.45, 7) is 0.446. The molecule has 2 heterocycles. The molecule has 2 aromatic heterocycles. The second-order valence-corrected chi connectivity index (χ2v) is 6.42. The van der Waals surface area contributed by atoms with E-state index in [4.69, 9.17) is 11.6 Å². The zero-order chi connectivity index (χ0) is 18.5. The Kier molecular flexibility index (Phi) is 5.49. The molecule has 0 radical (unpaired) electrons. The van der Waals surface area contributed by atoms with Crippen LogP contribution in [-0.4, -0.2) is 30.0 Å². The van der Waals surface area contributed by atoms with Gasteiger partial charge in [-0.15, -0.1) is 0 Å². The molecule has 0 aliphatic heterocycles. The van der Waals surface area contributed by atoms with Crippen LogP contribution >= 0.6 is 11.6 Å². The van der Waals surface area contributed by atoms with E-state index in [9.17, 15) is 4.79 Å². The van der Waals surface area contributed by atoms with Gasteiger partial charge in [0.15, 0.2) is 0 Å². The van der Waals surface area contributed by atoms with Gasteiger partial charge >= 0.3 is 0 Å². The third-order valence-electron chi connectivity index (χ3n) is 3.93. The van der Waals surface area contributed by atoms with Gasteiger partial charge in [-0.3, -0.25) is 14.8 Å². The van der Waals surface area contributed by atoms with Gasteiger partial charge in [0.2, 0.25) is 0 Å². The summed E-state index contributed by atoms with van der Waals surface area (Å²) >= 11 is 6.14. The first kappa shape index (κ1) is 17.9. The lowest BCUT2D eigenvalue weighted by molar-refractivity contribution is 0.0946.